The fourth-order valence-corrected chi connectivity index (χ4v) is 3.19. The maximum Gasteiger partial charge on any atom is 0.405 e. The first-order chi connectivity index (χ1) is 12.9. The average molecular weight is 387 g/mol. The minimum Gasteiger partial charge on any atom is -0.379 e. The zero-order valence-electron chi connectivity index (χ0n) is 15.0. The highest BCUT2D eigenvalue weighted by atomic mass is 19.4. The van der Waals surface area contributed by atoms with Crippen LogP contribution >= 0.6 is 0 Å². The monoisotopic (exact) mass is 387 g/mol. The van der Waals surface area contributed by atoms with E-state index in [0.29, 0.717) is 45.3 Å². The molecular formula is C16H24F3N7O. The van der Waals surface area contributed by atoms with E-state index in [0.717, 1.165) is 0 Å². The molecule has 2 aliphatic rings. The number of aliphatic imine (C=N–C) groups is 1. The summed E-state index contributed by atoms with van der Waals surface area (Å²) in [7, 11) is 0. The summed E-state index contributed by atoms with van der Waals surface area (Å²) in [4.78, 5) is 17.6. The Morgan fingerprint density at radius 1 is 1.11 bits per heavy atom. The topological polar surface area (TPSA) is 83.1 Å². The molecule has 2 aliphatic heterocycles. The Labute approximate surface area is 155 Å². The zero-order chi connectivity index (χ0) is 19.3. The summed E-state index contributed by atoms with van der Waals surface area (Å²) in [6.07, 6.45) is -1.01. The first-order valence-electron chi connectivity index (χ1n) is 8.90. The van der Waals surface area contributed by atoms with Crippen molar-refractivity contribution < 1.29 is 17.9 Å². The molecule has 27 heavy (non-hydrogen) atoms. The van der Waals surface area contributed by atoms with Crippen molar-refractivity contribution in [2.24, 2.45) is 10.7 Å². The molecule has 1 aromatic rings. The SMILES string of the molecule is NC(=NCC(N1CCOCC1)C(F)(F)F)N1CCN(c2ncccn2)CC1. The molecule has 2 fully saturated rings. The number of aromatic nitrogens is 2. The fraction of sp³-hybridized carbons (Fsp3) is 0.688. The van der Waals surface area contributed by atoms with Crippen LogP contribution in [0.3, 0.4) is 0 Å². The predicted molar refractivity (Wildman–Crippen MR) is 94.5 cm³/mol. The highest BCUT2D eigenvalue weighted by Crippen LogP contribution is 2.26. The van der Waals surface area contributed by atoms with Gasteiger partial charge in [-0.15, -0.1) is 0 Å². The largest absolute Gasteiger partial charge is 0.405 e. The maximum atomic E-state index is 13.4. The van der Waals surface area contributed by atoms with Crippen LogP contribution in [0.15, 0.2) is 23.5 Å². The summed E-state index contributed by atoms with van der Waals surface area (Å²) in [6.45, 7) is 3.06. The highest BCUT2D eigenvalue weighted by molar-refractivity contribution is 5.78. The molecule has 2 N–H and O–H groups in total. The lowest BCUT2D eigenvalue weighted by molar-refractivity contribution is -0.188. The second-order valence-corrected chi connectivity index (χ2v) is 6.43. The van der Waals surface area contributed by atoms with Gasteiger partial charge in [-0.1, -0.05) is 0 Å². The van der Waals surface area contributed by atoms with E-state index in [1.807, 2.05) is 4.90 Å². The van der Waals surface area contributed by atoms with Gasteiger partial charge in [0.05, 0.1) is 19.8 Å². The van der Waals surface area contributed by atoms with Crippen molar-refractivity contribution in [3.63, 3.8) is 0 Å². The molecule has 8 nitrogen and oxygen atoms in total. The first-order valence-corrected chi connectivity index (χ1v) is 8.90. The molecule has 0 bridgehead atoms. The summed E-state index contributed by atoms with van der Waals surface area (Å²) in [5.74, 6) is 0.781. The van der Waals surface area contributed by atoms with E-state index in [1.54, 1.807) is 23.4 Å². The number of morpholine rings is 1. The van der Waals surface area contributed by atoms with E-state index in [1.165, 1.54) is 4.90 Å². The summed E-state index contributed by atoms with van der Waals surface area (Å²) in [5.41, 5.74) is 5.97. The average Bonchev–Trinajstić information content (AvgIpc) is 2.68. The molecular weight excluding hydrogens is 363 g/mol. The van der Waals surface area contributed by atoms with E-state index in [2.05, 4.69) is 15.0 Å². The van der Waals surface area contributed by atoms with Crippen molar-refractivity contribution >= 4 is 11.9 Å². The first kappa shape index (κ1) is 19.6. The standard InChI is InChI=1S/C16H24F3N7O/c17-16(18,19)13(24-8-10-27-11-9-24)12-23-14(20)25-4-6-26(7-5-25)15-21-2-1-3-22-15/h1-3,13H,4-12H2,(H2,20,23). The van der Waals surface area contributed by atoms with Gasteiger partial charge in [0.2, 0.25) is 5.95 Å². The second kappa shape index (κ2) is 8.70. The maximum absolute atomic E-state index is 13.4. The molecule has 0 spiro atoms. The predicted octanol–water partition coefficient (Wildman–Crippen LogP) is 0.176. The van der Waals surface area contributed by atoms with E-state index < -0.39 is 18.8 Å². The molecule has 150 valence electrons. The number of nitrogens with two attached hydrogens (primary N) is 1. The Bertz CT molecular complexity index is 614. The summed E-state index contributed by atoms with van der Waals surface area (Å²) in [6, 6.07) is 0.106. The third-order valence-corrected chi connectivity index (χ3v) is 4.73. The van der Waals surface area contributed by atoms with Crippen molar-refractivity contribution in [1.82, 2.24) is 19.8 Å². The molecule has 0 radical (unpaired) electrons. The Morgan fingerprint density at radius 2 is 1.74 bits per heavy atom. The van der Waals surface area contributed by atoms with Gasteiger partial charge in [0.25, 0.3) is 0 Å². The van der Waals surface area contributed by atoms with Gasteiger partial charge in [-0.25, -0.2) is 9.97 Å². The Hall–Kier alpha value is -2.14. The zero-order valence-corrected chi connectivity index (χ0v) is 15.0. The number of piperazine rings is 1. The third kappa shape index (κ3) is 5.19. The van der Waals surface area contributed by atoms with Crippen LogP contribution in [-0.2, 0) is 4.74 Å². The molecule has 0 aliphatic carbocycles. The Morgan fingerprint density at radius 3 is 2.33 bits per heavy atom. The Balaban J connectivity index is 1.56. The van der Waals surface area contributed by atoms with Crippen LogP contribution in [0.2, 0.25) is 0 Å². The van der Waals surface area contributed by atoms with Crippen LogP contribution in [0, 0.1) is 0 Å². The number of rotatable bonds is 4. The molecule has 0 amide bonds. The van der Waals surface area contributed by atoms with Crippen molar-refractivity contribution in [2.75, 3.05) is 63.9 Å². The van der Waals surface area contributed by atoms with Crippen LogP contribution in [0.5, 0.6) is 0 Å². The normalized spacial score (nSPS) is 21.4. The number of hydrogen-bond acceptors (Lipinski definition) is 6. The highest BCUT2D eigenvalue weighted by Gasteiger charge is 2.43. The summed E-state index contributed by atoms with van der Waals surface area (Å²) >= 11 is 0. The van der Waals surface area contributed by atoms with Gasteiger partial charge < -0.3 is 20.3 Å². The van der Waals surface area contributed by atoms with E-state index in [4.69, 9.17) is 10.5 Å². The molecule has 2 saturated heterocycles. The van der Waals surface area contributed by atoms with Gasteiger partial charge in [-0.05, 0) is 6.07 Å². The lowest BCUT2D eigenvalue weighted by Gasteiger charge is -2.36. The number of anilines is 1. The van der Waals surface area contributed by atoms with Crippen LogP contribution < -0.4 is 10.6 Å². The number of hydrogen-bond donors (Lipinski definition) is 1. The van der Waals surface area contributed by atoms with Crippen LogP contribution in [0.4, 0.5) is 19.1 Å². The van der Waals surface area contributed by atoms with Gasteiger partial charge in [-0.3, -0.25) is 9.89 Å². The second-order valence-electron chi connectivity index (χ2n) is 6.43. The molecule has 0 aromatic carbocycles. The Kier molecular flexibility index (Phi) is 6.32. The molecule has 1 atom stereocenters. The van der Waals surface area contributed by atoms with Gasteiger partial charge in [0.15, 0.2) is 5.96 Å². The lowest BCUT2D eigenvalue weighted by Crippen LogP contribution is -2.54. The van der Waals surface area contributed by atoms with Crippen molar-refractivity contribution in [2.45, 2.75) is 12.2 Å². The fourth-order valence-electron chi connectivity index (χ4n) is 3.19. The number of halogens is 3. The van der Waals surface area contributed by atoms with E-state index in [-0.39, 0.29) is 19.0 Å². The van der Waals surface area contributed by atoms with Crippen molar-refractivity contribution in [1.29, 1.82) is 0 Å². The van der Waals surface area contributed by atoms with Crippen LogP contribution in [0.1, 0.15) is 0 Å². The van der Waals surface area contributed by atoms with E-state index >= 15 is 0 Å². The van der Waals surface area contributed by atoms with Gasteiger partial charge in [-0.2, -0.15) is 13.2 Å². The van der Waals surface area contributed by atoms with Gasteiger partial charge >= 0.3 is 6.18 Å². The summed E-state index contributed by atoms with van der Waals surface area (Å²) in [5, 5.41) is 0. The quantitative estimate of drug-likeness (QED) is 0.583. The lowest BCUT2D eigenvalue weighted by atomic mass is 10.2. The summed E-state index contributed by atoms with van der Waals surface area (Å²) < 4.78 is 45.4. The molecule has 1 aromatic heterocycles. The van der Waals surface area contributed by atoms with Gasteiger partial charge in [0, 0.05) is 51.7 Å². The molecule has 11 heteroatoms. The van der Waals surface area contributed by atoms with Crippen LogP contribution in [0.25, 0.3) is 0 Å². The van der Waals surface area contributed by atoms with Crippen molar-refractivity contribution in [3.8, 4) is 0 Å². The molecule has 1 unspecified atom stereocenters. The van der Waals surface area contributed by atoms with Crippen molar-refractivity contribution in [3.05, 3.63) is 18.5 Å². The third-order valence-electron chi connectivity index (χ3n) is 4.73. The van der Waals surface area contributed by atoms with Crippen LogP contribution in [-0.4, -0.2) is 97.0 Å². The molecule has 3 rings (SSSR count). The molecule has 0 saturated carbocycles. The number of guanidine groups is 1. The molecule has 3 heterocycles. The number of ether oxygens (including phenoxy) is 1. The number of alkyl halides is 3. The minimum absolute atomic E-state index is 0.145. The van der Waals surface area contributed by atoms with E-state index in [9.17, 15) is 13.2 Å². The number of nitrogens with zero attached hydrogens (tertiary/aromatic N) is 6. The smallest absolute Gasteiger partial charge is 0.379 e. The van der Waals surface area contributed by atoms with Gasteiger partial charge in [0.1, 0.15) is 6.04 Å². The minimum atomic E-state index is -4.36.